The van der Waals surface area contributed by atoms with E-state index in [1.165, 1.54) is 5.56 Å². The van der Waals surface area contributed by atoms with Crippen LogP contribution in [0.15, 0.2) is 77.6 Å². The summed E-state index contributed by atoms with van der Waals surface area (Å²) in [6.45, 7) is 2.35. The van der Waals surface area contributed by atoms with E-state index in [9.17, 15) is 14.9 Å². The Hall–Kier alpha value is -3.65. The predicted octanol–water partition coefficient (Wildman–Crippen LogP) is 5.10. The zero-order valence-electron chi connectivity index (χ0n) is 19.6. The number of aryl methyl sites for hydroxylation is 3. The summed E-state index contributed by atoms with van der Waals surface area (Å²) >= 11 is 1.67. The van der Waals surface area contributed by atoms with E-state index < -0.39 is 0 Å². The lowest BCUT2D eigenvalue weighted by Gasteiger charge is -2.08. The summed E-state index contributed by atoms with van der Waals surface area (Å²) in [5.41, 5.74) is 4.56. The Morgan fingerprint density at radius 2 is 1.63 bits per heavy atom. The van der Waals surface area contributed by atoms with Gasteiger partial charge in [0.1, 0.15) is 18.1 Å². The largest absolute Gasteiger partial charge is 0.358 e. The van der Waals surface area contributed by atoms with E-state index in [0.29, 0.717) is 31.0 Å². The van der Waals surface area contributed by atoms with Crippen molar-refractivity contribution in [3.63, 3.8) is 0 Å². The average molecular weight is 489 g/mol. The van der Waals surface area contributed by atoms with Crippen LogP contribution in [0.5, 0.6) is 0 Å². The van der Waals surface area contributed by atoms with Crippen molar-refractivity contribution in [1.29, 1.82) is 0 Å². The highest BCUT2D eigenvalue weighted by Crippen LogP contribution is 2.23. The number of thioether (sulfide) groups is 1. The van der Waals surface area contributed by atoms with Crippen molar-refractivity contribution in [2.24, 2.45) is 0 Å². The van der Waals surface area contributed by atoms with E-state index in [2.05, 4.69) is 22.1 Å². The van der Waals surface area contributed by atoms with Gasteiger partial charge in [0.05, 0.1) is 5.75 Å². The van der Waals surface area contributed by atoms with Gasteiger partial charge in [-0.2, -0.15) is 11.8 Å². The number of nitro groups is 1. The number of rotatable bonds is 11. The van der Waals surface area contributed by atoms with Gasteiger partial charge in [0.25, 0.3) is 5.56 Å². The lowest BCUT2D eigenvalue weighted by Crippen LogP contribution is -2.20. The fraction of sp³-hybridized carbons (Fsp3) is 0.259. The molecule has 2 aromatic heterocycles. The van der Waals surface area contributed by atoms with Crippen molar-refractivity contribution in [2.75, 3.05) is 5.75 Å². The Balaban J connectivity index is 1.35. The van der Waals surface area contributed by atoms with Crippen molar-refractivity contribution < 1.29 is 4.92 Å². The Morgan fingerprint density at radius 1 is 0.943 bits per heavy atom. The van der Waals surface area contributed by atoms with Crippen molar-refractivity contribution in [1.82, 2.24) is 14.5 Å². The van der Waals surface area contributed by atoms with Crippen molar-refractivity contribution >= 4 is 17.6 Å². The van der Waals surface area contributed by atoms with Crippen LogP contribution in [0.4, 0.5) is 5.82 Å². The Labute approximate surface area is 208 Å². The molecule has 4 rings (SSSR count). The molecular formula is C27H28N4O3S. The lowest BCUT2D eigenvalue weighted by molar-refractivity contribution is -0.392. The van der Waals surface area contributed by atoms with Gasteiger partial charge in [0.2, 0.25) is 0 Å². The highest BCUT2D eigenvalue weighted by molar-refractivity contribution is 7.98. The number of H-pyrrole nitrogens is 1. The normalized spacial score (nSPS) is 11.0. The Bertz CT molecular complexity index is 1330. The molecule has 2 heterocycles. The zero-order chi connectivity index (χ0) is 24.6. The second-order valence-electron chi connectivity index (χ2n) is 8.38. The molecule has 180 valence electrons. The average Bonchev–Trinajstić information content (AvgIpc) is 3.25. The minimum atomic E-state index is -0.339. The smallest absolute Gasteiger partial charge is 0.323 e. The summed E-state index contributed by atoms with van der Waals surface area (Å²) in [5.74, 6) is 2.15. The third kappa shape index (κ3) is 6.48. The topological polar surface area (TPSA) is 93.8 Å². The van der Waals surface area contributed by atoms with Crippen molar-refractivity contribution in [2.45, 2.75) is 38.5 Å². The molecule has 0 aliphatic carbocycles. The molecule has 0 bridgehead atoms. The van der Waals surface area contributed by atoms with Gasteiger partial charge in [-0.05, 0) is 41.9 Å². The Kier molecular flexibility index (Phi) is 8.15. The minimum Gasteiger partial charge on any atom is -0.358 e. The van der Waals surface area contributed by atoms with Gasteiger partial charge in [-0.15, -0.1) is 0 Å². The molecule has 7 nitrogen and oxygen atoms in total. The summed E-state index contributed by atoms with van der Waals surface area (Å²) in [6.07, 6.45) is 2.09. The first-order valence-electron chi connectivity index (χ1n) is 11.6. The maximum Gasteiger partial charge on any atom is 0.323 e. The van der Waals surface area contributed by atoms with Gasteiger partial charge in [-0.1, -0.05) is 60.7 Å². The molecule has 0 spiro atoms. The summed E-state index contributed by atoms with van der Waals surface area (Å²) in [4.78, 5) is 31.4. The highest BCUT2D eigenvalue weighted by Gasteiger charge is 2.18. The quantitative estimate of drug-likeness (QED) is 0.180. The van der Waals surface area contributed by atoms with Crippen LogP contribution in [-0.2, 0) is 31.6 Å². The van der Waals surface area contributed by atoms with Crippen LogP contribution < -0.4 is 5.56 Å². The van der Waals surface area contributed by atoms with Gasteiger partial charge >= 0.3 is 5.82 Å². The molecule has 1 N–H and O–H groups in total. The molecule has 0 unspecified atom stereocenters. The number of benzene rings is 2. The number of aromatic nitrogens is 3. The van der Waals surface area contributed by atoms with E-state index in [1.807, 2.05) is 61.5 Å². The molecule has 0 saturated heterocycles. The Morgan fingerprint density at radius 3 is 2.29 bits per heavy atom. The van der Waals surface area contributed by atoms with E-state index in [4.69, 9.17) is 0 Å². The first-order valence-corrected chi connectivity index (χ1v) is 12.7. The van der Waals surface area contributed by atoms with E-state index in [-0.39, 0.29) is 16.3 Å². The second-order valence-corrected chi connectivity index (χ2v) is 9.48. The summed E-state index contributed by atoms with van der Waals surface area (Å²) in [5, 5.41) is 11.5. The molecular weight excluding hydrogens is 460 g/mol. The number of aromatic amines is 1. The number of nitrogens with one attached hydrogen (secondary N) is 1. The van der Waals surface area contributed by atoms with Gasteiger partial charge < -0.3 is 15.1 Å². The molecule has 0 atom stereocenters. The molecule has 0 aliphatic rings. The third-order valence-electron chi connectivity index (χ3n) is 5.93. The monoisotopic (exact) mass is 488 g/mol. The predicted molar refractivity (Wildman–Crippen MR) is 140 cm³/mol. The maximum absolute atomic E-state index is 12.7. The van der Waals surface area contributed by atoms with Crippen LogP contribution in [-0.4, -0.2) is 25.2 Å². The molecule has 8 heteroatoms. The fourth-order valence-corrected chi connectivity index (χ4v) is 5.02. The molecule has 0 aliphatic heterocycles. The lowest BCUT2D eigenvalue weighted by atomic mass is 10.0. The van der Waals surface area contributed by atoms with E-state index >= 15 is 0 Å². The highest BCUT2D eigenvalue weighted by atomic mass is 32.2. The third-order valence-corrected chi connectivity index (χ3v) is 6.92. The SMILES string of the molecule is Cc1nc(CCSCc2ccc([N+](=O)[O-])n2Cc2ccccc2)[nH]c(=O)c1CCc1ccccc1. The van der Waals surface area contributed by atoms with Gasteiger partial charge in [-0.25, -0.2) is 9.55 Å². The maximum atomic E-state index is 12.7. The summed E-state index contributed by atoms with van der Waals surface area (Å²) in [7, 11) is 0. The van der Waals surface area contributed by atoms with E-state index in [0.717, 1.165) is 34.7 Å². The summed E-state index contributed by atoms with van der Waals surface area (Å²) < 4.78 is 1.76. The van der Waals surface area contributed by atoms with E-state index in [1.54, 1.807) is 22.4 Å². The molecule has 2 aromatic carbocycles. The van der Waals surface area contributed by atoms with Gasteiger partial charge in [0.15, 0.2) is 0 Å². The molecule has 35 heavy (non-hydrogen) atoms. The number of hydrogen-bond donors (Lipinski definition) is 1. The van der Waals surface area contributed by atoms with Gasteiger partial charge in [-0.3, -0.25) is 4.79 Å². The number of nitrogens with zero attached hydrogens (tertiary/aromatic N) is 3. The second kappa shape index (κ2) is 11.7. The van der Waals surface area contributed by atoms with Crippen LogP contribution in [0.2, 0.25) is 0 Å². The fourth-order valence-electron chi connectivity index (χ4n) is 4.07. The molecule has 4 aromatic rings. The summed E-state index contributed by atoms with van der Waals surface area (Å²) in [6, 6.07) is 23.2. The molecule has 0 amide bonds. The van der Waals surface area contributed by atoms with Crippen LogP contribution in [0.3, 0.4) is 0 Å². The minimum absolute atomic E-state index is 0.0687. The van der Waals surface area contributed by atoms with Crippen molar-refractivity contribution in [3.05, 3.63) is 127 Å². The zero-order valence-corrected chi connectivity index (χ0v) is 20.5. The standard InChI is InChI=1S/C27H28N4O3S/c1-20-24(14-12-21-8-4-2-5-9-21)27(32)29-25(28-20)16-17-35-19-23-13-15-26(31(33)34)30(23)18-22-10-6-3-7-11-22/h2-11,13,15H,12,14,16-19H2,1H3,(H,28,29,32). The van der Waals surface area contributed by atoms with Crippen LogP contribution in [0.1, 0.15) is 33.9 Å². The van der Waals surface area contributed by atoms with Crippen LogP contribution in [0, 0.1) is 17.0 Å². The van der Waals surface area contributed by atoms with Crippen LogP contribution in [0.25, 0.3) is 0 Å². The van der Waals surface area contributed by atoms with Crippen LogP contribution >= 0.6 is 11.8 Å². The molecule has 0 fully saturated rings. The first-order chi connectivity index (χ1) is 17.0. The van der Waals surface area contributed by atoms with Gasteiger partial charge in [0, 0.05) is 29.5 Å². The first kappa shape index (κ1) is 24.5. The number of hydrogen-bond acceptors (Lipinski definition) is 5. The molecule has 0 saturated carbocycles. The molecule has 0 radical (unpaired) electrons. The van der Waals surface area contributed by atoms with Crippen molar-refractivity contribution in [3.8, 4) is 0 Å².